The molecule has 3 rings (SSSR count). The van der Waals surface area contributed by atoms with Crippen molar-refractivity contribution >= 4 is 23.5 Å². The van der Waals surface area contributed by atoms with Crippen LogP contribution in [0.2, 0.25) is 0 Å². The van der Waals surface area contributed by atoms with Gasteiger partial charge in [-0.2, -0.15) is 0 Å². The third-order valence-corrected chi connectivity index (χ3v) is 5.12. The summed E-state index contributed by atoms with van der Waals surface area (Å²) in [7, 11) is 0. The van der Waals surface area contributed by atoms with E-state index < -0.39 is 30.0 Å². The lowest BCUT2D eigenvalue weighted by Crippen LogP contribution is -2.40. The molecule has 0 aromatic heterocycles. The van der Waals surface area contributed by atoms with Crippen LogP contribution in [0.4, 0.5) is 4.39 Å². The van der Waals surface area contributed by atoms with E-state index in [1.54, 1.807) is 36.4 Å². The summed E-state index contributed by atoms with van der Waals surface area (Å²) in [5.74, 6) is -2.79. The second-order valence-electron chi connectivity index (χ2n) is 8.95. The van der Waals surface area contributed by atoms with Gasteiger partial charge in [-0.15, -0.1) is 0 Å². The molecule has 1 heterocycles. The highest BCUT2D eigenvalue weighted by atomic mass is 19.1. The van der Waals surface area contributed by atoms with E-state index in [0.29, 0.717) is 11.3 Å². The van der Waals surface area contributed by atoms with Crippen LogP contribution in [0.15, 0.2) is 59.9 Å². The number of nitrogens with zero attached hydrogens (tertiary/aromatic N) is 1. The van der Waals surface area contributed by atoms with E-state index in [0.717, 1.165) is 4.90 Å². The van der Waals surface area contributed by atoms with Crippen molar-refractivity contribution in [2.75, 3.05) is 13.2 Å². The first-order valence-electron chi connectivity index (χ1n) is 10.9. The highest BCUT2D eigenvalue weighted by Gasteiger charge is 2.36. The van der Waals surface area contributed by atoms with E-state index in [1.165, 1.54) is 19.1 Å². The van der Waals surface area contributed by atoms with Gasteiger partial charge in [-0.1, -0.05) is 19.1 Å². The molecule has 2 aromatic carbocycles. The summed E-state index contributed by atoms with van der Waals surface area (Å²) in [5.41, 5.74) is 0.393. The van der Waals surface area contributed by atoms with Crippen LogP contribution in [-0.4, -0.2) is 47.1 Å². The van der Waals surface area contributed by atoms with Gasteiger partial charge in [0.1, 0.15) is 12.4 Å². The number of imide groups is 1. The number of nitrogens with one attached hydrogen (secondary N) is 1. The Balaban J connectivity index is 1.76. The van der Waals surface area contributed by atoms with Crippen LogP contribution in [0.5, 0.6) is 5.75 Å². The molecule has 0 fully saturated rings. The highest BCUT2D eigenvalue weighted by Crippen LogP contribution is 2.25. The maximum absolute atomic E-state index is 14.9. The van der Waals surface area contributed by atoms with E-state index in [2.05, 4.69) is 5.32 Å². The zero-order valence-corrected chi connectivity index (χ0v) is 19.6. The lowest BCUT2D eigenvalue weighted by atomic mass is 10.1. The third kappa shape index (κ3) is 5.57. The highest BCUT2D eigenvalue weighted by molar-refractivity contribution is 6.21. The first kappa shape index (κ1) is 24.8. The summed E-state index contributed by atoms with van der Waals surface area (Å²) in [6.45, 7) is 6.38. The van der Waals surface area contributed by atoms with Gasteiger partial charge in [0.25, 0.3) is 17.7 Å². The van der Waals surface area contributed by atoms with Crippen LogP contribution < -0.4 is 10.1 Å². The van der Waals surface area contributed by atoms with Crippen molar-refractivity contribution in [2.24, 2.45) is 0 Å². The Kier molecular flexibility index (Phi) is 7.29. The summed E-state index contributed by atoms with van der Waals surface area (Å²) < 4.78 is 20.5. The van der Waals surface area contributed by atoms with Crippen LogP contribution >= 0.6 is 0 Å². The molecule has 8 heteroatoms. The van der Waals surface area contributed by atoms with E-state index in [9.17, 15) is 23.6 Å². The molecule has 1 aliphatic heterocycles. The topological polar surface area (TPSA) is 92.8 Å². The van der Waals surface area contributed by atoms with Crippen molar-refractivity contribution in [1.29, 1.82) is 0 Å². The number of rotatable bonds is 8. The predicted molar refractivity (Wildman–Crippen MR) is 124 cm³/mol. The molecule has 0 unspecified atom stereocenters. The van der Waals surface area contributed by atoms with Crippen molar-refractivity contribution in [1.82, 2.24) is 10.2 Å². The number of allylic oxidation sites excluding steroid dienone is 1. The van der Waals surface area contributed by atoms with E-state index in [-0.39, 0.29) is 41.2 Å². The second-order valence-corrected chi connectivity index (χ2v) is 8.95. The van der Waals surface area contributed by atoms with Gasteiger partial charge in [-0.25, -0.2) is 4.39 Å². The Morgan fingerprint density at radius 1 is 0.971 bits per heavy atom. The molecule has 34 heavy (non-hydrogen) atoms. The number of hydrogen-bond acceptors (Lipinski definition) is 5. The first-order valence-corrected chi connectivity index (χ1v) is 10.9. The Bertz CT molecular complexity index is 1130. The number of Topliss-reactive ketones (excluding diaryl/α,β-unsaturated/α-hetero) is 1. The molecular formula is C26H27FN2O5. The smallest absolute Gasteiger partial charge is 0.261 e. The van der Waals surface area contributed by atoms with Crippen molar-refractivity contribution < 1.29 is 28.3 Å². The average molecular weight is 467 g/mol. The standard InChI is InChI=1S/C26H27FN2O5/c1-5-21(30)22(27)17(14-29-24(32)19-8-6-7-9-20(19)25(29)33)15-34-18-12-10-16(11-13-18)23(31)28-26(2,3)4/h6-13H,5,14-15H2,1-4H3,(H,28,31)/b22-17+. The van der Waals surface area contributed by atoms with Gasteiger partial charge < -0.3 is 10.1 Å². The number of ether oxygens (including phenoxy) is 1. The molecule has 1 N–H and O–H groups in total. The molecule has 2 aromatic rings. The number of benzene rings is 2. The van der Waals surface area contributed by atoms with Gasteiger partial charge in [0.2, 0.25) is 0 Å². The number of halogens is 1. The minimum Gasteiger partial charge on any atom is -0.489 e. The fourth-order valence-electron chi connectivity index (χ4n) is 3.39. The van der Waals surface area contributed by atoms with Crippen LogP contribution in [0.1, 0.15) is 65.2 Å². The molecule has 0 saturated heterocycles. The van der Waals surface area contributed by atoms with Crippen LogP contribution in [0.3, 0.4) is 0 Å². The van der Waals surface area contributed by atoms with Crippen molar-refractivity contribution in [3.05, 3.63) is 76.6 Å². The van der Waals surface area contributed by atoms with Gasteiger partial charge >= 0.3 is 0 Å². The van der Waals surface area contributed by atoms with Gasteiger partial charge in [-0.05, 0) is 57.2 Å². The molecule has 7 nitrogen and oxygen atoms in total. The summed E-state index contributed by atoms with van der Waals surface area (Å²) in [4.78, 5) is 50.6. The zero-order valence-electron chi connectivity index (χ0n) is 19.6. The van der Waals surface area contributed by atoms with Crippen LogP contribution in [-0.2, 0) is 4.79 Å². The first-order chi connectivity index (χ1) is 16.0. The fourth-order valence-corrected chi connectivity index (χ4v) is 3.39. The number of ketones is 1. The molecule has 0 radical (unpaired) electrons. The van der Waals surface area contributed by atoms with Gasteiger partial charge in [-0.3, -0.25) is 24.1 Å². The number of hydrogen-bond donors (Lipinski definition) is 1. The molecule has 0 atom stereocenters. The van der Waals surface area contributed by atoms with Crippen molar-refractivity contribution in [3.8, 4) is 5.75 Å². The number of carbonyl (C=O) groups is 4. The molecule has 1 aliphatic rings. The van der Waals surface area contributed by atoms with Gasteiger partial charge in [0, 0.05) is 23.1 Å². The number of carbonyl (C=O) groups excluding carboxylic acids is 4. The van der Waals surface area contributed by atoms with Gasteiger partial charge in [0.15, 0.2) is 11.6 Å². The fraction of sp³-hybridized carbons (Fsp3) is 0.308. The molecule has 0 aliphatic carbocycles. The Morgan fingerprint density at radius 3 is 2.03 bits per heavy atom. The predicted octanol–water partition coefficient (Wildman–Crippen LogP) is 4.09. The van der Waals surface area contributed by atoms with Crippen LogP contribution in [0, 0.1) is 0 Å². The quantitative estimate of drug-likeness (QED) is 0.467. The third-order valence-electron chi connectivity index (χ3n) is 5.12. The lowest BCUT2D eigenvalue weighted by Gasteiger charge is -2.20. The molecule has 0 saturated carbocycles. The number of fused-ring (bicyclic) bond motifs is 1. The van der Waals surface area contributed by atoms with E-state index >= 15 is 0 Å². The van der Waals surface area contributed by atoms with Crippen molar-refractivity contribution in [3.63, 3.8) is 0 Å². The molecule has 0 spiro atoms. The Labute approximate surface area is 197 Å². The summed E-state index contributed by atoms with van der Waals surface area (Å²) in [5, 5.41) is 2.85. The van der Waals surface area contributed by atoms with Crippen LogP contribution in [0.25, 0.3) is 0 Å². The summed E-state index contributed by atoms with van der Waals surface area (Å²) in [6.07, 6.45) is -0.0744. The molecular weight excluding hydrogens is 439 g/mol. The number of amides is 3. The minimum absolute atomic E-state index is 0.0744. The molecule has 0 bridgehead atoms. The molecule has 3 amide bonds. The average Bonchev–Trinajstić information content (AvgIpc) is 3.04. The largest absolute Gasteiger partial charge is 0.489 e. The summed E-state index contributed by atoms with van der Waals surface area (Å²) in [6, 6.07) is 12.6. The lowest BCUT2D eigenvalue weighted by molar-refractivity contribution is -0.116. The Morgan fingerprint density at radius 2 is 1.53 bits per heavy atom. The monoisotopic (exact) mass is 466 g/mol. The minimum atomic E-state index is -1.03. The maximum atomic E-state index is 14.9. The van der Waals surface area contributed by atoms with E-state index in [1.807, 2.05) is 20.8 Å². The maximum Gasteiger partial charge on any atom is 0.261 e. The normalized spacial score (nSPS) is 14.0. The van der Waals surface area contributed by atoms with Crippen molar-refractivity contribution in [2.45, 2.75) is 39.7 Å². The molecule has 178 valence electrons. The summed E-state index contributed by atoms with van der Waals surface area (Å²) >= 11 is 0. The Hall–Kier alpha value is -3.81. The van der Waals surface area contributed by atoms with E-state index in [4.69, 9.17) is 4.74 Å². The zero-order chi connectivity index (χ0) is 25.0. The SMILES string of the molecule is CCC(=O)/C(F)=C(\COc1ccc(C(=O)NC(C)(C)C)cc1)CN1C(=O)c2ccccc2C1=O. The second kappa shape index (κ2) is 9.99. The van der Waals surface area contributed by atoms with Gasteiger partial charge in [0.05, 0.1) is 17.7 Å².